The molecule has 79 heavy (non-hydrogen) atoms. The molecule has 1 nitrogen and oxygen atoms in total. The van der Waals surface area contributed by atoms with E-state index in [4.69, 9.17) is 0 Å². The molecule has 2 aromatic carbocycles. The number of benzene rings is 2. The molecule has 0 amide bonds. The fourth-order valence-electron chi connectivity index (χ4n) is 9.13. The van der Waals surface area contributed by atoms with E-state index in [9.17, 15) is 114 Å². The lowest BCUT2D eigenvalue weighted by molar-refractivity contribution is -0.912. The molecule has 0 saturated carbocycles. The maximum Gasteiger partial charge on any atom is 0.515 e. The van der Waals surface area contributed by atoms with Crippen molar-refractivity contribution in [3.63, 3.8) is 0 Å². The van der Waals surface area contributed by atoms with Crippen molar-refractivity contribution in [3.8, 4) is 11.1 Å². The lowest BCUT2D eigenvalue weighted by Crippen LogP contribution is -3.07. The Morgan fingerprint density at radius 2 is 0.519 bits per heavy atom. The summed E-state index contributed by atoms with van der Waals surface area (Å²) in [5.41, 5.74) is -14.2. The summed E-state index contributed by atoms with van der Waals surface area (Å²) in [6.45, 7) is 9.37. The van der Waals surface area contributed by atoms with Crippen LogP contribution in [0.15, 0.2) is 0 Å². The third kappa shape index (κ3) is 23.4. The number of hydrogen-bond acceptors (Lipinski definition) is 0. The summed E-state index contributed by atoms with van der Waals surface area (Å²) in [5.74, 6) is -34.1. The van der Waals surface area contributed by atoms with Gasteiger partial charge in [-0.25, -0.2) is 40.4 Å². The van der Waals surface area contributed by atoms with Crippen LogP contribution in [0.4, 0.5) is 114 Å². The SMILES string of the molecule is CCCCCCCC[B-](CCCCCCCC)(CCCCCCCC)CCCCCCCC.FC(F)(F)C(F)(F)[NH2+]C(F)(F)C(F)(F)F.Fc1c(F)c(F)c(-c2c(C(F)(F)F)c(F)c(F)c(F)c2C(F)(F)C(F)(F)F)c(F)c1F. The number of hydrogen-bond donors (Lipinski definition) is 1. The second-order valence-electron chi connectivity index (χ2n) is 19.9. The number of alkyl halides is 18. The summed E-state index contributed by atoms with van der Waals surface area (Å²) in [5, 5.41) is -2.38. The van der Waals surface area contributed by atoms with Crippen LogP contribution < -0.4 is 5.32 Å². The minimum atomic E-state index is -7.10. The Balaban J connectivity index is 0.00000123. The fourth-order valence-corrected chi connectivity index (χ4v) is 9.13. The van der Waals surface area contributed by atoms with E-state index in [0.29, 0.717) is 0 Å². The number of halogens is 26. The first kappa shape index (κ1) is 75.6. The van der Waals surface area contributed by atoms with Crippen LogP contribution in [0.2, 0.25) is 25.3 Å². The molecule has 2 aromatic rings. The van der Waals surface area contributed by atoms with E-state index in [1.54, 1.807) is 25.3 Å². The van der Waals surface area contributed by atoms with Crippen LogP contribution in [0.25, 0.3) is 11.1 Å². The van der Waals surface area contributed by atoms with Gasteiger partial charge < -0.3 is 0 Å². The topological polar surface area (TPSA) is 16.6 Å². The standard InChI is InChI=1S/C32H68B.C15F16.C4HF10N/c1-5-9-13-17-21-25-29-33(30-26-22-18-14-10-6-2,31-27-23-19-15-11-7-3)32-28-24-20-16-12-8-4;16-5-2(6(17)10(21)12(23)9(5)20)1-3(13(24,25)15(29,30)31)7(18)11(22)8(19)4(1)14(26,27)28;5-1(6,7)3(11,12)15-4(13,14)2(8,9)10/h5-32H2,1-4H3;;15H/q-1;;/p+1. The molecule has 0 aliphatic heterocycles. The van der Waals surface area contributed by atoms with E-state index in [0.717, 1.165) is 0 Å². The molecule has 0 saturated heterocycles. The predicted molar refractivity (Wildman–Crippen MR) is 249 cm³/mol. The first-order chi connectivity index (χ1) is 36.2. The van der Waals surface area contributed by atoms with Gasteiger partial charge in [-0.1, -0.05) is 182 Å². The van der Waals surface area contributed by atoms with Gasteiger partial charge in [-0.3, -0.25) is 0 Å². The van der Waals surface area contributed by atoms with Crippen molar-refractivity contribution < 1.29 is 119 Å². The Bertz CT molecular complexity index is 1940. The molecule has 28 heteroatoms. The molecule has 0 heterocycles. The zero-order chi connectivity index (χ0) is 61.4. The molecule has 0 aliphatic rings. The average Bonchev–Trinajstić information content (AvgIpc) is 3.32. The highest BCUT2D eigenvalue weighted by molar-refractivity contribution is 6.79. The fraction of sp³-hybridized carbons (Fsp3) is 0.765. The van der Waals surface area contributed by atoms with Crippen LogP contribution in [0, 0.1) is 46.5 Å². The summed E-state index contributed by atoms with van der Waals surface area (Å²) in [6, 6.07) is -12.4. The van der Waals surface area contributed by atoms with Crippen LogP contribution in [0.1, 0.15) is 193 Å². The molecule has 2 rings (SSSR count). The Kier molecular flexibility index (Phi) is 32.2. The maximum absolute atomic E-state index is 13.9. The number of rotatable bonds is 32. The van der Waals surface area contributed by atoms with Gasteiger partial charge >= 0.3 is 42.7 Å². The van der Waals surface area contributed by atoms with Gasteiger partial charge in [0.2, 0.25) is 5.82 Å². The lowest BCUT2D eigenvalue weighted by Gasteiger charge is -2.41. The highest BCUT2D eigenvalue weighted by Gasteiger charge is 2.74. The van der Waals surface area contributed by atoms with E-state index >= 15 is 0 Å². The van der Waals surface area contributed by atoms with Gasteiger partial charge in [0.25, 0.3) is 0 Å². The molecule has 0 aliphatic carbocycles. The molecule has 0 bridgehead atoms. The molecule has 0 fully saturated rings. The minimum absolute atomic E-state index is 0.104. The second kappa shape index (κ2) is 33.7. The van der Waals surface area contributed by atoms with Gasteiger partial charge in [-0.15, -0.1) is 17.6 Å². The van der Waals surface area contributed by atoms with Crippen molar-refractivity contribution in [3.05, 3.63) is 57.7 Å². The van der Waals surface area contributed by atoms with Crippen LogP contribution in [0.3, 0.4) is 0 Å². The van der Waals surface area contributed by atoms with Crippen molar-refractivity contribution in [1.29, 1.82) is 0 Å². The third-order valence-corrected chi connectivity index (χ3v) is 13.5. The highest BCUT2D eigenvalue weighted by Crippen LogP contribution is 2.54. The monoisotopic (exact) mass is 1200 g/mol. The van der Waals surface area contributed by atoms with E-state index in [1.165, 1.54) is 154 Å². The van der Waals surface area contributed by atoms with Crippen molar-refractivity contribution >= 4 is 6.15 Å². The van der Waals surface area contributed by atoms with Crippen molar-refractivity contribution in [2.75, 3.05) is 0 Å². The number of unbranched alkanes of at least 4 members (excludes halogenated alkanes) is 20. The summed E-state index contributed by atoms with van der Waals surface area (Å²) in [7, 11) is 0. The molecular weight excluding hydrogens is 1130 g/mol. The molecule has 0 atom stereocenters. The first-order valence-corrected chi connectivity index (χ1v) is 26.5. The molecule has 2 N–H and O–H groups in total. The van der Waals surface area contributed by atoms with Crippen LogP contribution in [-0.2, 0) is 12.1 Å². The van der Waals surface area contributed by atoms with Crippen LogP contribution >= 0.6 is 0 Å². The Hall–Kier alpha value is -3.36. The average molecular weight is 1200 g/mol. The van der Waals surface area contributed by atoms with Crippen molar-refractivity contribution in [1.82, 2.24) is 0 Å². The molecule has 0 aromatic heterocycles. The molecule has 0 radical (unpaired) electrons. The van der Waals surface area contributed by atoms with Crippen LogP contribution in [-0.4, -0.2) is 36.8 Å². The van der Waals surface area contributed by atoms with Crippen molar-refractivity contribution in [2.45, 2.75) is 250 Å². The summed E-state index contributed by atoms with van der Waals surface area (Å²) < 4.78 is 329. The number of quaternary nitrogens is 1. The van der Waals surface area contributed by atoms with E-state index in [2.05, 4.69) is 27.7 Å². The number of nitrogens with two attached hydrogens (primary N) is 1. The molecule has 464 valence electrons. The van der Waals surface area contributed by atoms with E-state index < -0.39 is 117 Å². The van der Waals surface area contributed by atoms with Gasteiger partial charge in [0.05, 0.1) is 11.1 Å². The Morgan fingerprint density at radius 3 is 0.772 bits per heavy atom. The van der Waals surface area contributed by atoms with Crippen LogP contribution in [0.5, 0.6) is 0 Å². The van der Waals surface area contributed by atoms with Gasteiger partial charge in [0.15, 0.2) is 40.7 Å². The molecule has 0 unspecified atom stereocenters. The quantitative estimate of drug-likeness (QED) is 0.0188. The zero-order valence-corrected chi connectivity index (χ0v) is 44.3. The van der Waals surface area contributed by atoms with E-state index in [-0.39, 0.29) is 6.15 Å². The third-order valence-electron chi connectivity index (χ3n) is 13.5. The predicted octanol–water partition coefficient (Wildman–Crippen LogP) is 21.9. The van der Waals surface area contributed by atoms with Crippen molar-refractivity contribution in [2.24, 2.45) is 0 Å². The Labute approximate surface area is 443 Å². The minimum Gasteiger partial charge on any atom is -0.208 e. The Morgan fingerprint density at radius 1 is 0.278 bits per heavy atom. The summed E-state index contributed by atoms with van der Waals surface area (Å²) in [4.78, 5) is 0. The van der Waals surface area contributed by atoms with Gasteiger partial charge in [0.1, 0.15) is 5.56 Å². The molecule has 0 spiro atoms. The lowest BCUT2D eigenvalue weighted by atomic mass is 9.17. The van der Waals surface area contributed by atoms with Gasteiger partial charge in [0, 0.05) is 11.7 Å². The zero-order valence-electron chi connectivity index (χ0n) is 44.3. The van der Waals surface area contributed by atoms with Gasteiger partial charge in [-0.05, 0) is 0 Å². The highest BCUT2D eigenvalue weighted by atomic mass is 19.4. The van der Waals surface area contributed by atoms with Gasteiger partial charge in [-0.2, -0.15) is 86.7 Å². The first-order valence-electron chi connectivity index (χ1n) is 26.5. The maximum atomic E-state index is 13.9. The van der Waals surface area contributed by atoms with E-state index in [1.807, 2.05) is 0 Å². The summed E-state index contributed by atoms with van der Waals surface area (Å²) >= 11 is 0. The summed E-state index contributed by atoms with van der Waals surface area (Å²) in [6.07, 6.45) is 14.9. The normalized spacial score (nSPS) is 13.1. The molecular formula is C51H70BF26N. The smallest absolute Gasteiger partial charge is 0.208 e. The second-order valence-corrected chi connectivity index (χ2v) is 19.9. The largest absolute Gasteiger partial charge is 0.515 e.